The highest BCUT2D eigenvalue weighted by atomic mass is 79.9. The first kappa shape index (κ1) is 12.3. The molecule has 0 N–H and O–H groups in total. The Morgan fingerprint density at radius 1 is 1.59 bits per heavy atom. The lowest BCUT2D eigenvalue weighted by Gasteiger charge is -2.00. The Morgan fingerprint density at radius 2 is 2.35 bits per heavy atom. The minimum atomic E-state index is -0.397. The molecule has 6 heteroatoms. The van der Waals surface area contributed by atoms with Crippen molar-refractivity contribution in [3.63, 3.8) is 0 Å². The van der Waals surface area contributed by atoms with Crippen LogP contribution in [0.25, 0.3) is 10.6 Å². The van der Waals surface area contributed by atoms with Gasteiger partial charge in [-0.25, -0.2) is 4.79 Å². The molecule has 0 radical (unpaired) electrons. The molecule has 0 spiro atoms. The SMILES string of the molecule is CCOC(=O)c1c(-c2ccc(Br)s2)noc1C. The van der Waals surface area contributed by atoms with Crippen molar-refractivity contribution >= 4 is 33.2 Å². The average molecular weight is 316 g/mol. The van der Waals surface area contributed by atoms with Gasteiger partial charge in [-0.15, -0.1) is 11.3 Å². The molecule has 2 aromatic rings. The minimum Gasteiger partial charge on any atom is -0.462 e. The van der Waals surface area contributed by atoms with E-state index in [1.54, 1.807) is 13.8 Å². The van der Waals surface area contributed by atoms with E-state index >= 15 is 0 Å². The summed E-state index contributed by atoms with van der Waals surface area (Å²) >= 11 is 4.86. The minimum absolute atomic E-state index is 0.330. The standard InChI is InChI=1S/C11H10BrNO3S/c1-3-15-11(14)9-6(2)16-13-10(9)7-4-5-8(12)17-7/h4-5H,3H2,1-2H3. The second kappa shape index (κ2) is 5.01. The largest absolute Gasteiger partial charge is 0.462 e. The molecule has 0 aliphatic heterocycles. The summed E-state index contributed by atoms with van der Waals surface area (Å²) in [6, 6.07) is 3.79. The summed E-state index contributed by atoms with van der Waals surface area (Å²) in [6.45, 7) is 3.80. The molecule has 90 valence electrons. The van der Waals surface area contributed by atoms with Gasteiger partial charge in [0, 0.05) is 0 Å². The van der Waals surface area contributed by atoms with Crippen molar-refractivity contribution in [2.45, 2.75) is 13.8 Å². The number of esters is 1. The Morgan fingerprint density at radius 3 is 2.94 bits per heavy atom. The van der Waals surface area contributed by atoms with Crippen LogP contribution in [0.5, 0.6) is 0 Å². The van der Waals surface area contributed by atoms with Crippen LogP contribution >= 0.6 is 27.3 Å². The molecular formula is C11H10BrNO3S. The van der Waals surface area contributed by atoms with Crippen LogP contribution in [-0.2, 0) is 4.74 Å². The molecule has 2 aromatic heterocycles. The molecule has 2 rings (SSSR count). The predicted molar refractivity (Wildman–Crippen MR) is 68.2 cm³/mol. The number of halogens is 1. The van der Waals surface area contributed by atoms with Crippen LogP contribution in [0.3, 0.4) is 0 Å². The zero-order valence-electron chi connectivity index (χ0n) is 9.32. The lowest BCUT2D eigenvalue weighted by Crippen LogP contribution is -2.06. The van der Waals surface area contributed by atoms with Gasteiger partial charge in [-0.2, -0.15) is 0 Å². The molecule has 0 unspecified atom stereocenters. The van der Waals surface area contributed by atoms with Crippen molar-refractivity contribution in [2.24, 2.45) is 0 Å². The summed E-state index contributed by atoms with van der Waals surface area (Å²) in [6.07, 6.45) is 0. The summed E-state index contributed by atoms with van der Waals surface area (Å²) in [5, 5.41) is 3.92. The average Bonchev–Trinajstić information content (AvgIpc) is 2.85. The number of aryl methyl sites for hydroxylation is 1. The fraction of sp³-hybridized carbons (Fsp3) is 0.273. The van der Waals surface area contributed by atoms with Gasteiger partial charge in [0.1, 0.15) is 17.0 Å². The Balaban J connectivity index is 2.45. The van der Waals surface area contributed by atoms with E-state index < -0.39 is 5.97 Å². The first-order valence-electron chi connectivity index (χ1n) is 5.02. The number of hydrogen-bond donors (Lipinski definition) is 0. The Hall–Kier alpha value is -1.14. The second-order valence-electron chi connectivity index (χ2n) is 3.29. The van der Waals surface area contributed by atoms with Gasteiger partial charge in [0.2, 0.25) is 0 Å². The second-order valence-corrected chi connectivity index (χ2v) is 5.75. The molecular weight excluding hydrogens is 306 g/mol. The van der Waals surface area contributed by atoms with Crippen LogP contribution in [0.15, 0.2) is 20.4 Å². The van der Waals surface area contributed by atoms with Crippen molar-refractivity contribution in [1.82, 2.24) is 5.16 Å². The summed E-state index contributed by atoms with van der Waals surface area (Å²) in [7, 11) is 0. The van der Waals surface area contributed by atoms with E-state index in [-0.39, 0.29) is 0 Å². The summed E-state index contributed by atoms with van der Waals surface area (Å²) < 4.78 is 11.0. The maximum absolute atomic E-state index is 11.8. The maximum atomic E-state index is 11.8. The van der Waals surface area contributed by atoms with E-state index in [0.717, 1.165) is 8.66 Å². The highest BCUT2D eigenvalue weighted by Crippen LogP contribution is 2.33. The van der Waals surface area contributed by atoms with Crippen molar-refractivity contribution in [1.29, 1.82) is 0 Å². The normalized spacial score (nSPS) is 10.5. The van der Waals surface area contributed by atoms with E-state index in [1.165, 1.54) is 11.3 Å². The lowest BCUT2D eigenvalue weighted by atomic mass is 10.2. The fourth-order valence-electron chi connectivity index (χ4n) is 1.43. The number of nitrogens with zero attached hydrogens (tertiary/aromatic N) is 1. The number of carbonyl (C=O) groups is 1. The maximum Gasteiger partial charge on any atom is 0.344 e. The Labute approximate surface area is 111 Å². The number of aromatic nitrogens is 1. The predicted octanol–water partition coefficient (Wildman–Crippen LogP) is 3.65. The third-order valence-corrected chi connectivity index (χ3v) is 3.78. The van der Waals surface area contributed by atoms with E-state index in [4.69, 9.17) is 9.26 Å². The lowest BCUT2D eigenvalue weighted by molar-refractivity contribution is 0.0525. The summed E-state index contributed by atoms with van der Waals surface area (Å²) in [5.74, 6) is 0.0775. The smallest absolute Gasteiger partial charge is 0.344 e. The molecule has 0 aliphatic rings. The molecule has 0 aliphatic carbocycles. The van der Waals surface area contributed by atoms with Gasteiger partial charge < -0.3 is 9.26 Å². The van der Waals surface area contributed by atoms with Gasteiger partial charge in [0.25, 0.3) is 0 Å². The first-order valence-corrected chi connectivity index (χ1v) is 6.63. The molecule has 2 heterocycles. The third kappa shape index (κ3) is 2.42. The van der Waals surface area contributed by atoms with Gasteiger partial charge in [0.15, 0.2) is 0 Å². The quantitative estimate of drug-likeness (QED) is 0.811. The van der Waals surface area contributed by atoms with Crippen LogP contribution in [-0.4, -0.2) is 17.7 Å². The zero-order valence-corrected chi connectivity index (χ0v) is 11.7. The van der Waals surface area contributed by atoms with Gasteiger partial charge >= 0.3 is 5.97 Å². The van der Waals surface area contributed by atoms with E-state index in [0.29, 0.717) is 23.6 Å². The van der Waals surface area contributed by atoms with Crippen molar-refractivity contribution < 1.29 is 14.1 Å². The van der Waals surface area contributed by atoms with Gasteiger partial charge in [-0.3, -0.25) is 0 Å². The van der Waals surface area contributed by atoms with Crippen LogP contribution in [0.1, 0.15) is 23.0 Å². The van der Waals surface area contributed by atoms with Crippen molar-refractivity contribution in [2.75, 3.05) is 6.61 Å². The Kier molecular flexibility index (Phi) is 3.63. The number of rotatable bonds is 3. The topological polar surface area (TPSA) is 52.3 Å². The number of ether oxygens (including phenoxy) is 1. The van der Waals surface area contributed by atoms with E-state index in [1.807, 2.05) is 12.1 Å². The van der Waals surface area contributed by atoms with Crippen LogP contribution < -0.4 is 0 Å². The van der Waals surface area contributed by atoms with Gasteiger partial charge in [-0.1, -0.05) is 5.16 Å². The molecule has 0 aromatic carbocycles. The van der Waals surface area contributed by atoms with Gasteiger partial charge in [0.05, 0.1) is 15.3 Å². The number of carbonyl (C=O) groups excluding carboxylic acids is 1. The highest BCUT2D eigenvalue weighted by molar-refractivity contribution is 9.11. The molecule has 17 heavy (non-hydrogen) atoms. The van der Waals surface area contributed by atoms with Gasteiger partial charge in [-0.05, 0) is 41.9 Å². The fourth-order valence-corrected chi connectivity index (χ4v) is 2.80. The monoisotopic (exact) mass is 315 g/mol. The van der Waals surface area contributed by atoms with Crippen molar-refractivity contribution in [3.05, 3.63) is 27.2 Å². The van der Waals surface area contributed by atoms with Crippen LogP contribution in [0, 0.1) is 6.92 Å². The molecule has 0 amide bonds. The number of thiophene rings is 1. The first-order chi connectivity index (χ1) is 8.13. The van der Waals surface area contributed by atoms with Crippen molar-refractivity contribution in [3.8, 4) is 10.6 Å². The molecule has 0 saturated carbocycles. The summed E-state index contributed by atoms with van der Waals surface area (Å²) in [4.78, 5) is 12.7. The highest BCUT2D eigenvalue weighted by Gasteiger charge is 2.23. The molecule has 0 fully saturated rings. The third-order valence-electron chi connectivity index (χ3n) is 2.15. The number of hydrogen-bond acceptors (Lipinski definition) is 5. The summed E-state index contributed by atoms with van der Waals surface area (Å²) in [5.41, 5.74) is 0.942. The van der Waals surface area contributed by atoms with E-state index in [9.17, 15) is 4.79 Å². The molecule has 0 atom stereocenters. The zero-order chi connectivity index (χ0) is 12.4. The van der Waals surface area contributed by atoms with Crippen LogP contribution in [0.2, 0.25) is 0 Å². The molecule has 0 bridgehead atoms. The Bertz CT molecular complexity index is 547. The van der Waals surface area contributed by atoms with Crippen LogP contribution in [0.4, 0.5) is 0 Å². The van der Waals surface area contributed by atoms with E-state index in [2.05, 4.69) is 21.1 Å². The molecule has 4 nitrogen and oxygen atoms in total. The molecule has 0 saturated heterocycles.